The predicted octanol–water partition coefficient (Wildman–Crippen LogP) is 4.62. The number of ether oxygens (including phenoxy) is 3. The lowest BCUT2D eigenvalue weighted by Crippen LogP contribution is -2.28. The monoisotopic (exact) mass is 451 g/mol. The Balaban J connectivity index is 1.49. The van der Waals surface area contributed by atoms with Crippen LogP contribution >= 0.6 is 0 Å². The number of hydrogen-bond acceptors (Lipinski definition) is 7. The van der Waals surface area contributed by atoms with E-state index in [2.05, 4.69) is 10.1 Å². The maximum absolute atomic E-state index is 12.8. The van der Waals surface area contributed by atoms with Gasteiger partial charge in [0.2, 0.25) is 17.6 Å². The first-order valence-electron chi connectivity index (χ1n) is 11.0. The molecule has 0 bridgehead atoms. The van der Waals surface area contributed by atoms with Crippen molar-refractivity contribution in [1.82, 2.24) is 15.0 Å². The van der Waals surface area contributed by atoms with Crippen LogP contribution in [0.1, 0.15) is 50.6 Å². The van der Waals surface area contributed by atoms with E-state index in [-0.39, 0.29) is 24.0 Å². The van der Waals surface area contributed by atoms with E-state index in [0.29, 0.717) is 36.2 Å². The first-order valence-corrected chi connectivity index (χ1v) is 11.0. The topological polar surface area (TPSA) is 86.9 Å². The molecule has 0 radical (unpaired) electrons. The fourth-order valence-corrected chi connectivity index (χ4v) is 4.01. The molecule has 174 valence electrons. The van der Waals surface area contributed by atoms with Crippen molar-refractivity contribution in [2.75, 3.05) is 20.8 Å². The minimum atomic E-state index is -0.148. The zero-order valence-corrected chi connectivity index (χ0v) is 19.6. The van der Waals surface area contributed by atoms with Crippen molar-refractivity contribution in [2.24, 2.45) is 0 Å². The lowest BCUT2D eigenvalue weighted by atomic mass is 10.1. The van der Waals surface area contributed by atoms with Crippen LogP contribution in [0.2, 0.25) is 0 Å². The van der Waals surface area contributed by atoms with Gasteiger partial charge in [-0.15, -0.1) is 0 Å². The molecule has 1 saturated heterocycles. The van der Waals surface area contributed by atoms with Crippen LogP contribution in [-0.4, -0.2) is 47.8 Å². The molecule has 2 heterocycles. The summed E-state index contributed by atoms with van der Waals surface area (Å²) in [4.78, 5) is 19.2. The zero-order chi connectivity index (χ0) is 23.5. The largest absolute Gasteiger partial charge is 0.497 e. The Hall–Kier alpha value is -3.55. The lowest BCUT2D eigenvalue weighted by molar-refractivity contribution is -0.129. The van der Waals surface area contributed by atoms with Crippen molar-refractivity contribution >= 4 is 5.91 Å². The molecule has 1 aromatic heterocycles. The van der Waals surface area contributed by atoms with Gasteiger partial charge in [0.25, 0.3) is 0 Å². The van der Waals surface area contributed by atoms with Gasteiger partial charge in [-0.2, -0.15) is 4.98 Å². The summed E-state index contributed by atoms with van der Waals surface area (Å²) in [7, 11) is 3.23. The average Bonchev–Trinajstić information content (AvgIpc) is 3.45. The third-order valence-corrected chi connectivity index (χ3v) is 5.80. The summed E-state index contributed by atoms with van der Waals surface area (Å²) >= 11 is 0. The van der Waals surface area contributed by atoms with E-state index in [0.717, 1.165) is 16.9 Å². The van der Waals surface area contributed by atoms with Crippen LogP contribution in [0.3, 0.4) is 0 Å². The number of hydrogen-bond donors (Lipinski definition) is 0. The van der Waals surface area contributed by atoms with Crippen molar-refractivity contribution in [1.29, 1.82) is 0 Å². The van der Waals surface area contributed by atoms with Crippen LogP contribution in [0.25, 0.3) is 11.4 Å². The van der Waals surface area contributed by atoms with Gasteiger partial charge in [0, 0.05) is 18.5 Å². The van der Waals surface area contributed by atoms with E-state index in [9.17, 15) is 4.79 Å². The summed E-state index contributed by atoms with van der Waals surface area (Å²) in [5, 5.41) is 4.14. The van der Waals surface area contributed by atoms with Gasteiger partial charge in [-0.05, 0) is 56.7 Å². The number of nitrogens with zero attached hydrogens (tertiary/aromatic N) is 3. The Labute approximate surface area is 193 Å². The second-order valence-electron chi connectivity index (χ2n) is 8.38. The van der Waals surface area contributed by atoms with Gasteiger partial charge in [-0.3, -0.25) is 4.79 Å². The quantitative estimate of drug-likeness (QED) is 0.494. The van der Waals surface area contributed by atoms with Gasteiger partial charge in [0.15, 0.2) is 11.5 Å². The Bertz CT molecular complexity index is 1110. The molecular formula is C25H29N3O5. The maximum atomic E-state index is 12.8. The molecule has 4 rings (SSSR count). The van der Waals surface area contributed by atoms with E-state index >= 15 is 0 Å². The van der Waals surface area contributed by atoms with E-state index < -0.39 is 0 Å². The highest BCUT2D eigenvalue weighted by molar-refractivity contribution is 5.80. The Kier molecular flexibility index (Phi) is 6.53. The van der Waals surface area contributed by atoms with Crippen molar-refractivity contribution in [3.63, 3.8) is 0 Å². The number of likely N-dealkylation sites (tertiary alicyclic amines) is 1. The van der Waals surface area contributed by atoms with Crippen molar-refractivity contribution in [2.45, 2.75) is 45.3 Å². The van der Waals surface area contributed by atoms with Crippen LogP contribution in [0, 0.1) is 0 Å². The zero-order valence-electron chi connectivity index (χ0n) is 19.6. The first kappa shape index (κ1) is 22.6. The molecule has 8 heteroatoms. The highest BCUT2D eigenvalue weighted by Crippen LogP contribution is 2.36. The molecule has 1 amide bonds. The van der Waals surface area contributed by atoms with Crippen molar-refractivity contribution in [3.8, 4) is 28.6 Å². The fraction of sp³-hybridized carbons (Fsp3) is 0.400. The highest BCUT2D eigenvalue weighted by Gasteiger charge is 2.37. The number of aromatic nitrogens is 2. The van der Waals surface area contributed by atoms with E-state index in [4.69, 9.17) is 18.7 Å². The smallest absolute Gasteiger partial charge is 0.232 e. The van der Waals surface area contributed by atoms with Gasteiger partial charge in [-0.1, -0.05) is 17.3 Å². The first-order chi connectivity index (χ1) is 15.9. The van der Waals surface area contributed by atoms with E-state index in [1.807, 2.05) is 68.1 Å². The second-order valence-corrected chi connectivity index (χ2v) is 8.38. The van der Waals surface area contributed by atoms with Gasteiger partial charge >= 0.3 is 0 Å². The molecule has 1 fully saturated rings. The molecule has 1 aliphatic rings. The molecule has 2 atom stereocenters. The number of benzene rings is 2. The summed E-state index contributed by atoms with van der Waals surface area (Å²) in [6.07, 6.45) is 0.372. The molecule has 0 N–H and O–H groups in total. The van der Waals surface area contributed by atoms with Crippen LogP contribution < -0.4 is 14.2 Å². The third-order valence-electron chi connectivity index (χ3n) is 5.80. The molecule has 2 unspecified atom stereocenters. The minimum Gasteiger partial charge on any atom is -0.497 e. The summed E-state index contributed by atoms with van der Waals surface area (Å²) in [6, 6.07) is 13.2. The molecule has 1 aliphatic heterocycles. The van der Waals surface area contributed by atoms with Gasteiger partial charge in [-0.25, -0.2) is 0 Å². The number of amides is 1. The summed E-state index contributed by atoms with van der Waals surface area (Å²) in [5.74, 6) is 2.88. The number of carbonyl (C=O) groups excluding carboxylic acids is 1. The molecule has 33 heavy (non-hydrogen) atoms. The van der Waals surface area contributed by atoms with Gasteiger partial charge in [0.05, 0.1) is 32.3 Å². The number of rotatable bonds is 8. The van der Waals surface area contributed by atoms with Crippen LogP contribution in [0.4, 0.5) is 0 Å². The summed E-state index contributed by atoms with van der Waals surface area (Å²) in [5.41, 5.74) is 1.80. The SMILES string of the molecule is COc1ccc(C(C)N2CC(c3nc(-c4ccc(OC(C)C)c(OC)c4)no3)CC2=O)cc1. The van der Waals surface area contributed by atoms with E-state index in [1.165, 1.54) is 0 Å². The Morgan fingerprint density at radius 3 is 2.45 bits per heavy atom. The van der Waals surface area contributed by atoms with Crippen LogP contribution in [-0.2, 0) is 4.79 Å². The predicted molar refractivity (Wildman–Crippen MR) is 123 cm³/mol. The second kappa shape index (κ2) is 9.52. The third kappa shape index (κ3) is 4.79. The summed E-state index contributed by atoms with van der Waals surface area (Å²) < 4.78 is 22.0. The maximum Gasteiger partial charge on any atom is 0.232 e. The molecule has 0 aliphatic carbocycles. The fourth-order valence-electron chi connectivity index (χ4n) is 4.01. The molecule has 0 saturated carbocycles. The molecular weight excluding hydrogens is 422 g/mol. The van der Waals surface area contributed by atoms with Crippen LogP contribution in [0.5, 0.6) is 17.2 Å². The highest BCUT2D eigenvalue weighted by atomic mass is 16.5. The minimum absolute atomic E-state index is 0.0321. The van der Waals surface area contributed by atoms with E-state index in [1.54, 1.807) is 14.2 Å². The summed E-state index contributed by atoms with van der Waals surface area (Å²) in [6.45, 7) is 6.47. The standard InChI is InChI=1S/C25H29N3O5/c1-15(2)32-21-11-8-18(12-22(21)31-5)24-26-25(33-27-24)19-13-23(29)28(14-19)16(3)17-6-9-20(30-4)10-7-17/h6-12,15-16,19H,13-14H2,1-5H3. The number of carbonyl (C=O) groups is 1. The van der Waals surface area contributed by atoms with Gasteiger partial charge in [0.1, 0.15) is 5.75 Å². The van der Waals surface area contributed by atoms with Gasteiger partial charge < -0.3 is 23.6 Å². The van der Waals surface area contributed by atoms with Crippen molar-refractivity contribution in [3.05, 3.63) is 53.9 Å². The normalized spacial score (nSPS) is 16.8. The van der Waals surface area contributed by atoms with Crippen molar-refractivity contribution < 1.29 is 23.5 Å². The molecule has 0 spiro atoms. The Morgan fingerprint density at radius 1 is 1.03 bits per heavy atom. The lowest BCUT2D eigenvalue weighted by Gasteiger charge is -2.25. The molecule has 8 nitrogen and oxygen atoms in total. The molecule has 2 aromatic carbocycles. The Morgan fingerprint density at radius 2 is 1.79 bits per heavy atom. The van der Waals surface area contributed by atoms with Crippen LogP contribution in [0.15, 0.2) is 47.0 Å². The average molecular weight is 452 g/mol. The molecule has 3 aromatic rings. The number of methoxy groups -OCH3 is 2.